The zero-order valence-electron chi connectivity index (χ0n) is 19.2. The molecule has 1 heterocycles. The van der Waals surface area contributed by atoms with Gasteiger partial charge in [0, 0.05) is 36.8 Å². The summed E-state index contributed by atoms with van der Waals surface area (Å²) in [4.78, 5) is 25.1. The van der Waals surface area contributed by atoms with Crippen LogP contribution in [0.1, 0.15) is 60.5 Å². The van der Waals surface area contributed by atoms with E-state index >= 15 is 0 Å². The van der Waals surface area contributed by atoms with E-state index in [0.29, 0.717) is 42.5 Å². The van der Waals surface area contributed by atoms with Crippen molar-refractivity contribution in [2.24, 2.45) is 17.6 Å². The Balaban J connectivity index is 1.75. The molecule has 0 bridgehead atoms. The molecule has 0 aromatic heterocycles. The summed E-state index contributed by atoms with van der Waals surface area (Å²) >= 11 is 0. The lowest BCUT2D eigenvalue weighted by molar-refractivity contribution is -0.993. The molecular formula is C25H35N2O4+. The molecule has 6 nitrogen and oxygen atoms in total. The van der Waals surface area contributed by atoms with Gasteiger partial charge in [0.2, 0.25) is 0 Å². The summed E-state index contributed by atoms with van der Waals surface area (Å²) in [6, 6.07) is 4.15. The predicted octanol–water partition coefficient (Wildman–Crippen LogP) is 2.60. The Hall–Kier alpha value is -1.92. The van der Waals surface area contributed by atoms with Gasteiger partial charge in [-0.05, 0) is 37.3 Å². The van der Waals surface area contributed by atoms with E-state index in [1.165, 1.54) is 24.9 Å². The highest BCUT2D eigenvalue weighted by Gasteiger charge is 2.72. The van der Waals surface area contributed by atoms with Gasteiger partial charge in [-0.2, -0.15) is 0 Å². The molecular weight excluding hydrogens is 392 g/mol. The standard InChI is InChI=1S/C25H34N2O4/c1-24-12-18(28)9-10-25(24,31-4)22-17(14-27(22,2)13-15-5-6-15)11-16-7-8-19(23(26)29)21(30-3)20(16)24/h7-8,15,17,22H,5-6,9-14H2,1-4H3,(H-,26,29)/p+1/t17?,22-,24?,25-,27?/m1/s1. The number of likely N-dealkylation sites (N-methyl/N-ethyl adjacent to an activating group) is 1. The van der Waals surface area contributed by atoms with Gasteiger partial charge in [0.25, 0.3) is 5.91 Å². The van der Waals surface area contributed by atoms with Gasteiger partial charge >= 0.3 is 0 Å². The molecule has 6 heteroatoms. The first-order valence-corrected chi connectivity index (χ1v) is 11.6. The molecule has 2 saturated carbocycles. The first-order chi connectivity index (χ1) is 14.7. The Morgan fingerprint density at radius 3 is 2.65 bits per heavy atom. The fourth-order valence-electron chi connectivity index (χ4n) is 7.80. The molecule has 31 heavy (non-hydrogen) atoms. The Labute approximate surface area is 184 Å². The van der Waals surface area contributed by atoms with Crippen LogP contribution < -0.4 is 10.5 Å². The van der Waals surface area contributed by atoms with Gasteiger partial charge in [0.05, 0.1) is 38.7 Å². The maximum Gasteiger partial charge on any atom is 0.252 e. The number of carbonyl (C=O) groups excluding carboxylic acids is 2. The molecule has 5 atom stereocenters. The zero-order valence-corrected chi connectivity index (χ0v) is 19.2. The van der Waals surface area contributed by atoms with Crippen LogP contribution in [0.2, 0.25) is 0 Å². The molecule has 4 aliphatic rings. The molecule has 3 aliphatic carbocycles. The Kier molecular flexibility index (Phi) is 4.59. The minimum atomic E-state index is -0.577. The molecule has 0 radical (unpaired) electrons. The number of likely N-dealkylation sites (tertiary alicyclic amines) is 1. The fraction of sp³-hybridized carbons (Fsp3) is 0.680. The molecule has 2 N–H and O–H groups in total. The van der Waals surface area contributed by atoms with Crippen molar-refractivity contribution in [3.63, 3.8) is 0 Å². The van der Waals surface area contributed by atoms with Crippen molar-refractivity contribution in [1.82, 2.24) is 0 Å². The van der Waals surface area contributed by atoms with Gasteiger partial charge < -0.3 is 19.7 Å². The lowest BCUT2D eigenvalue weighted by Gasteiger charge is -2.65. The third-order valence-corrected chi connectivity index (χ3v) is 8.99. The Morgan fingerprint density at radius 1 is 1.29 bits per heavy atom. The topological polar surface area (TPSA) is 78.6 Å². The minimum absolute atomic E-state index is 0.252. The second kappa shape index (κ2) is 6.79. The quantitative estimate of drug-likeness (QED) is 0.733. The van der Waals surface area contributed by atoms with Gasteiger partial charge in [-0.3, -0.25) is 9.59 Å². The van der Waals surface area contributed by atoms with E-state index < -0.39 is 16.9 Å². The number of nitrogens with two attached hydrogens (primary N) is 1. The smallest absolute Gasteiger partial charge is 0.252 e. The SMILES string of the molecule is COc1c(C(N)=O)ccc2c1C1(C)CC(=O)CC[C@@]1(OC)[C@H]1C(C2)C[N+]1(C)CC1CC1. The maximum absolute atomic E-state index is 12.9. The number of amides is 1. The van der Waals surface area contributed by atoms with Crippen LogP contribution in [0, 0.1) is 11.8 Å². The number of methoxy groups -OCH3 is 2. The van der Waals surface area contributed by atoms with Crippen molar-refractivity contribution in [2.75, 3.05) is 34.4 Å². The van der Waals surface area contributed by atoms with E-state index in [2.05, 4.69) is 14.0 Å². The minimum Gasteiger partial charge on any atom is -0.496 e. The molecule has 1 amide bonds. The second-order valence-corrected chi connectivity index (χ2v) is 10.9. The molecule has 5 rings (SSSR count). The number of hydrogen-bond acceptors (Lipinski definition) is 4. The molecule has 0 spiro atoms. The van der Waals surface area contributed by atoms with E-state index in [1.54, 1.807) is 13.2 Å². The number of fused-ring (bicyclic) bond motifs is 5. The largest absolute Gasteiger partial charge is 0.496 e. The molecule has 168 valence electrons. The fourth-order valence-corrected chi connectivity index (χ4v) is 7.80. The average molecular weight is 428 g/mol. The summed E-state index contributed by atoms with van der Waals surface area (Å²) < 4.78 is 13.4. The highest BCUT2D eigenvalue weighted by Crippen LogP contribution is 2.61. The van der Waals surface area contributed by atoms with Gasteiger partial charge in [-0.1, -0.05) is 13.0 Å². The average Bonchev–Trinajstić information content (AvgIpc) is 3.52. The van der Waals surface area contributed by atoms with Crippen LogP contribution in [-0.2, 0) is 21.4 Å². The van der Waals surface area contributed by atoms with Gasteiger partial charge in [-0.15, -0.1) is 0 Å². The molecule has 1 aromatic carbocycles. The maximum atomic E-state index is 12.9. The molecule has 3 fully saturated rings. The van der Waals surface area contributed by atoms with Crippen LogP contribution in [0.3, 0.4) is 0 Å². The van der Waals surface area contributed by atoms with Gasteiger partial charge in [-0.25, -0.2) is 0 Å². The Bertz CT molecular complexity index is 957. The van der Waals surface area contributed by atoms with Crippen LogP contribution in [0.4, 0.5) is 0 Å². The summed E-state index contributed by atoms with van der Waals surface area (Å²) in [6.07, 6.45) is 5.24. The van der Waals surface area contributed by atoms with E-state index in [-0.39, 0.29) is 5.78 Å². The van der Waals surface area contributed by atoms with Crippen LogP contribution in [0.25, 0.3) is 0 Å². The van der Waals surface area contributed by atoms with Crippen molar-refractivity contribution in [2.45, 2.75) is 62.5 Å². The third kappa shape index (κ3) is 2.77. The van der Waals surface area contributed by atoms with Gasteiger partial charge in [0.15, 0.2) is 0 Å². The molecule has 1 aliphatic heterocycles. The monoisotopic (exact) mass is 427 g/mol. The number of Topliss-reactive ketones (excluding diaryl/α,β-unsaturated/α-hetero) is 1. The molecule has 3 unspecified atom stereocenters. The van der Waals surface area contributed by atoms with E-state index in [4.69, 9.17) is 15.2 Å². The second-order valence-electron chi connectivity index (χ2n) is 10.9. The number of ether oxygens (including phenoxy) is 2. The van der Waals surface area contributed by atoms with E-state index in [9.17, 15) is 9.59 Å². The number of nitrogens with zero attached hydrogens (tertiary/aromatic N) is 1. The summed E-state index contributed by atoms with van der Waals surface area (Å²) in [6.45, 7) is 4.49. The van der Waals surface area contributed by atoms with Crippen LogP contribution >= 0.6 is 0 Å². The summed E-state index contributed by atoms with van der Waals surface area (Å²) in [5.74, 6) is 1.58. The highest BCUT2D eigenvalue weighted by molar-refractivity contribution is 5.96. The van der Waals surface area contributed by atoms with Crippen molar-refractivity contribution in [3.8, 4) is 5.75 Å². The molecule has 1 saturated heterocycles. The number of rotatable bonds is 5. The van der Waals surface area contributed by atoms with Crippen molar-refractivity contribution in [1.29, 1.82) is 0 Å². The summed E-state index contributed by atoms with van der Waals surface area (Å²) in [5, 5.41) is 0. The third-order valence-electron chi connectivity index (χ3n) is 8.99. The number of ketones is 1. The first-order valence-electron chi connectivity index (χ1n) is 11.6. The number of hydrogen-bond donors (Lipinski definition) is 1. The summed E-state index contributed by atoms with van der Waals surface area (Å²) in [5.41, 5.74) is 7.18. The van der Waals surface area contributed by atoms with Crippen molar-refractivity contribution < 1.29 is 23.5 Å². The van der Waals surface area contributed by atoms with Crippen molar-refractivity contribution >= 4 is 11.7 Å². The Morgan fingerprint density at radius 2 is 2.03 bits per heavy atom. The van der Waals surface area contributed by atoms with E-state index in [1.807, 2.05) is 13.2 Å². The van der Waals surface area contributed by atoms with Gasteiger partial charge in [0.1, 0.15) is 23.2 Å². The van der Waals surface area contributed by atoms with E-state index in [0.717, 1.165) is 28.9 Å². The lowest BCUT2D eigenvalue weighted by Crippen LogP contribution is -2.80. The normalized spacial score (nSPS) is 38.9. The van der Waals surface area contributed by atoms with Crippen molar-refractivity contribution in [3.05, 3.63) is 28.8 Å². The zero-order chi connectivity index (χ0) is 22.2. The molecule has 1 aromatic rings. The highest BCUT2D eigenvalue weighted by atomic mass is 16.5. The number of benzene rings is 1. The lowest BCUT2D eigenvalue weighted by atomic mass is 9.54. The number of carbonyl (C=O) groups is 2. The van der Waals surface area contributed by atoms with Crippen LogP contribution in [0.5, 0.6) is 5.75 Å². The summed E-state index contributed by atoms with van der Waals surface area (Å²) in [7, 11) is 5.80. The van der Waals surface area contributed by atoms with Crippen LogP contribution in [0.15, 0.2) is 12.1 Å². The van der Waals surface area contributed by atoms with Crippen LogP contribution in [-0.4, -0.2) is 62.2 Å². The number of quaternary nitrogens is 1. The predicted molar refractivity (Wildman–Crippen MR) is 117 cm³/mol. The number of primary amides is 1. The first kappa shape index (κ1) is 21.0.